The summed E-state index contributed by atoms with van der Waals surface area (Å²) in [5, 5.41) is 0. The summed E-state index contributed by atoms with van der Waals surface area (Å²) in [6, 6.07) is 0. The summed E-state index contributed by atoms with van der Waals surface area (Å²) in [5.41, 5.74) is 2.59. The van der Waals surface area contributed by atoms with Gasteiger partial charge in [-0.3, -0.25) is 4.79 Å². The van der Waals surface area contributed by atoms with Crippen LogP contribution in [0.15, 0.2) is 11.1 Å². The molecule has 18 heavy (non-hydrogen) atoms. The summed E-state index contributed by atoms with van der Waals surface area (Å²) in [5.74, 6) is 0.732. The SMILES string of the molecule is CS[C@]1(C(=O)N2CCOC2=O)CC(C)=C(C)CS1. The topological polar surface area (TPSA) is 46.6 Å². The molecule has 1 atom stereocenters. The summed E-state index contributed by atoms with van der Waals surface area (Å²) in [7, 11) is 0. The molecule has 0 aromatic rings. The second-order valence-electron chi connectivity index (χ2n) is 4.55. The van der Waals surface area contributed by atoms with E-state index in [9.17, 15) is 9.59 Å². The van der Waals surface area contributed by atoms with Crippen molar-refractivity contribution in [3.05, 3.63) is 11.1 Å². The van der Waals surface area contributed by atoms with E-state index in [-0.39, 0.29) is 5.91 Å². The second kappa shape index (κ2) is 5.17. The number of hydrogen-bond donors (Lipinski definition) is 0. The van der Waals surface area contributed by atoms with Gasteiger partial charge in [-0.2, -0.15) is 0 Å². The van der Waals surface area contributed by atoms with Crippen LogP contribution < -0.4 is 0 Å². The molecule has 0 aromatic carbocycles. The third-order valence-corrected chi connectivity index (χ3v) is 6.60. The number of nitrogens with zero attached hydrogens (tertiary/aromatic N) is 1. The van der Waals surface area contributed by atoms with Gasteiger partial charge in [0, 0.05) is 12.2 Å². The van der Waals surface area contributed by atoms with Gasteiger partial charge in [0.15, 0.2) is 0 Å². The molecule has 2 amide bonds. The smallest absolute Gasteiger partial charge is 0.416 e. The average Bonchev–Trinajstić information content (AvgIpc) is 2.78. The van der Waals surface area contributed by atoms with Gasteiger partial charge in [0.05, 0.1) is 6.54 Å². The summed E-state index contributed by atoms with van der Waals surface area (Å²) >= 11 is 3.15. The van der Waals surface area contributed by atoms with Crippen LogP contribution in [0.1, 0.15) is 20.3 Å². The van der Waals surface area contributed by atoms with Crippen molar-refractivity contribution in [1.29, 1.82) is 0 Å². The number of imide groups is 1. The van der Waals surface area contributed by atoms with Crippen LogP contribution in [0.2, 0.25) is 0 Å². The Morgan fingerprint density at radius 2 is 2.17 bits per heavy atom. The second-order valence-corrected chi connectivity index (χ2v) is 7.19. The first-order valence-electron chi connectivity index (χ1n) is 5.83. The van der Waals surface area contributed by atoms with Gasteiger partial charge in [-0.1, -0.05) is 11.1 Å². The predicted octanol–water partition coefficient (Wildman–Crippen LogP) is 2.50. The van der Waals surface area contributed by atoms with Crippen molar-refractivity contribution in [1.82, 2.24) is 4.90 Å². The zero-order valence-electron chi connectivity index (χ0n) is 10.8. The van der Waals surface area contributed by atoms with Gasteiger partial charge in [0.25, 0.3) is 5.91 Å². The Morgan fingerprint density at radius 3 is 2.67 bits per heavy atom. The highest BCUT2D eigenvalue weighted by Crippen LogP contribution is 2.47. The molecule has 0 bridgehead atoms. The number of rotatable bonds is 2. The monoisotopic (exact) mass is 287 g/mol. The Labute approximate surface area is 115 Å². The van der Waals surface area contributed by atoms with E-state index < -0.39 is 10.2 Å². The van der Waals surface area contributed by atoms with E-state index in [2.05, 4.69) is 13.8 Å². The molecule has 0 saturated carbocycles. The van der Waals surface area contributed by atoms with E-state index in [0.29, 0.717) is 19.6 Å². The van der Waals surface area contributed by atoms with E-state index in [0.717, 1.165) is 5.75 Å². The minimum Gasteiger partial charge on any atom is -0.447 e. The molecule has 0 spiro atoms. The van der Waals surface area contributed by atoms with Crippen LogP contribution in [0.5, 0.6) is 0 Å². The van der Waals surface area contributed by atoms with Crippen LogP contribution in [-0.2, 0) is 9.53 Å². The maximum absolute atomic E-state index is 12.6. The fourth-order valence-corrected chi connectivity index (χ4v) is 4.58. The molecule has 2 rings (SSSR count). The highest BCUT2D eigenvalue weighted by Gasteiger charge is 2.46. The summed E-state index contributed by atoms with van der Waals surface area (Å²) in [6.07, 6.45) is 2.13. The van der Waals surface area contributed by atoms with Crippen molar-refractivity contribution in [2.45, 2.75) is 24.3 Å². The zero-order chi connectivity index (χ0) is 13.3. The molecular formula is C12H17NO3S2. The molecule has 4 nitrogen and oxygen atoms in total. The van der Waals surface area contributed by atoms with Gasteiger partial charge < -0.3 is 4.74 Å². The molecular weight excluding hydrogens is 270 g/mol. The normalized spacial score (nSPS) is 28.6. The summed E-state index contributed by atoms with van der Waals surface area (Å²) < 4.78 is 4.29. The summed E-state index contributed by atoms with van der Waals surface area (Å²) in [6.45, 7) is 4.85. The first-order chi connectivity index (χ1) is 8.50. The Morgan fingerprint density at radius 1 is 1.44 bits per heavy atom. The molecule has 2 aliphatic heterocycles. The van der Waals surface area contributed by atoms with Crippen molar-refractivity contribution in [2.75, 3.05) is 25.2 Å². The van der Waals surface area contributed by atoms with Gasteiger partial charge in [0.2, 0.25) is 0 Å². The zero-order valence-corrected chi connectivity index (χ0v) is 12.4. The lowest BCUT2D eigenvalue weighted by atomic mass is 10.1. The van der Waals surface area contributed by atoms with Crippen LogP contribution in [0, 0.1) is 0 Å². The number of thioether (sulfide) groups is 2. The van der Waals surface area contributed by atoms with E-state index in [1.54, 1.807) is 11.8 Å². The van der Waals surface area contributed by atoms with Crippen LogP contribution in [-0.4, -0.2) is 46.1 Å². The molecule has 0 radical (unpaired) electrons. The van der Waals surface area contributed by atoms with Gasteiger partial charge in [-0.25, -0.2) is 9.69 Å². The van der Waals surface area contributed by atoms with Gasteiger partial charge in [0.1, 0.15) is 10.7 Å². The van der Waals surface area contributed by atoms with E-state index in [1.165, 1.54) is 27.8 Å². The van der Waals surface area contributed by atoms with E-state index >= 15 is 0 Å². The minimum absolute atomic E-state index is 0.116. The molecule has 2 aliphatic rings. The highest BCUT2D eigenvalue weighted by atomic mass is 32.2. The Balaban J connectivity index is 2.23. The molecule has 100 valence electrons. The Kier molecular flexibility index (Phi) is 3.96. The summed E-state index contributed by atoms with van der Waals surface area (Å²) in [4.78, 5) is 25.3. The predicted molar refractivity (Wildman–Crippen MR) is 74.8 cm³/mol. The molecule has 6 heteroatoms. The number of carbonyl (C=O) groups excluding carboxylic acids is 2. The third-order valence-electron chi connectivity index (χ3n) is 3.41. The van der Waals surface area contributed by atoms with Crippen molar-refractivity contribution < 1.29 is 14.3 Å². The fourth-order valence-electron chi connectivity index (χ4n) is 2.04. The fraction of sp³-hybridized carbons (Fsp3) is 0.667. The molecule has 2 heterocycles. The van der Waals surface area contributed by atoms with Crippen molar-refractivity contribution in [3.8, 4) is 0 Å². The standard InChI is InChI=1S/C12H17NO3S2/c1-8-6-12(17-3,18-7-9(8)2)10(14)13-4-5-16-11(13)15/h4-7H2,1-3H3/t12-/m1/s1. The molecule has 0 aliphatic carbocycles. The van der Waals surface area contributed by atoms with Gasteiger partial charge in [-0.05, 0) is 20.1 Å². The lowest BCUT2D eigenvalue weighted by molar-refractivity contribution is -0.128. The number of allylic oxidation sites excluding steroid dienone is 1. The average molecular weight is 287 g/mol. The lowest BCUT2D eigenvalue weighted by Gasteiger charge is -2.36. The molecule has 0 N–H and O–H groups in total. The Bertz CT molecular complexity index is 422. The maximum atomic E-state index is 12.6. The van der Waals surface area contributed by atoms with Crippen LogP contribution in [0.4, 0.5) is 4.79 Å². The van der Waals surface area contributed by atoms with Crippen LogP contribution in [0.3, 0.4) is 0 Å². The largest absolute Gasteiger partial charge is 0.447 e. The first kappa shape index (κ1) is 13.8. The quantitative estimate of drug-likeness (QED) is 0.730. The van der Waals surface area contributed by atoms with Crippen molar-refractivity contribution >= 4 is 35.5 Å². The van der Waals surface area contributed by atoms with E-state index in [1.807, 2.05) is 6.26 Å². The number of hydrogen-bond acceptors (Lipinski definition) is 5. The molecule has 1 saturated heterocycles. The molecule has 0 unspecified atom stereocenters. The van der Waals surface area contributed by atoms with E-state index in [4.69, 9.17) is 4.74 Å². The molecule has 0 aromatic heterocycles. The number of amides is 2. The van der Waals surface area contributed by atoms with Gasteiger partial charge >= 0.3 is 6.09 Å². The number of carbonyl (C=O) groups is 2. The number of ether oxygens (including phenoxy) is 1. The Hall–Kier alpha value is -0.620. The van der Waals surface area contributed by atoms with Crippen molar-refractivity contribution in [3.63, 3.8) is 0 Å². The van der Waals surface area contributed by atoms with Crippen molar-refractivity contribution in [2.24, 2.45) is 0 Å². The third kappa shape index (κ3) is 2.28. The van der Waals surface area contributed by atoms with Crippen LogP contribution in [0.25, 0.3) is 0 Å². The van der Waals surface area contributed by atoms with Gasteiger partial charge in [-0.15, -0.1) is 23.5 Å². The number of cyclic esters (lactones) is 1. The lowest BCUT2D eigenvalue weighted by Crippen LogP contribution is -2.46. The maximum Gasteiger partial charge on any atom is 0.416 e. The highest BCUT2D eigenvalue weighted by molar-refractivity contribution is 8.19. The molecule has 1 fully saturated rings. The van der Waals surface area contributed by atoms with Crippen LogP contribution >= 0.6 is 23.5 Å². The minimum atomic E-state index is -0.563. The first-order valence-corrected chi connectivity index (χ1v) is 8.04.